The molecule has 1 unspecified atom stereocenters. The van der Waals surface area contributed by atoms with E-state index in [0.717, 1.165) is 11.9 Å². The van der Waals surface area contributed by atoms with Gasteiger partial charge in [-0.3, -0.25) is 4.79 Å². The lowest BCUT2D eigenvalue weighted by atomic mass is 9.79. The van der Waals surface area contributed by atoms with Gasteiger partial charge in [0.15, 0.2) is 19.3 Å². The molecule has 0 aliphatic carbocycles. The number of aromatic amines is 1. The van der Waals surface area contributed by atoms with E-state index in [0.29, 0.717) is 27.4 Å². The molecule has 2 rings (SSSR count). The normalized spacial score (nSPS) is 12.2. The molecule has 0 saturated heterocycles. The summed E-state index contributed by atoms with van der Waals surface area (Å²) in [7, 11) is 6.69. The van der Waals surface area contributed by atoms with Gasteiger partial charge in [-0.15, -0.1) is 0 Å². The highest BCUT2D eigenvalue weighted by Crippen LogP contribution is 2.29. The molecule has 4 N–H and O–H groups in total. The van der Waals surface area contributed by atoms with Crippen molar-refractivity contribution in [1.82, 2.24) is 10.3 Å². The lowest BCUT2D eigenvalue weighted by molar-refractivity contribution is -0.122. The van der Waals surface area contributed by atoms with Crippen LogP contribution in [0.25, 0.3) is 10.9 Å². The van der Waals surface area contributed by atoms with Gasteiger partial charge in [0.2, 0.25) is 5.91 Å². The average Bonchev–Trinajstić information content (AvgIpc) is 2.85. The summed E-state index contributed by atoms with van der Waals surface area (Å²) in [4.78, 5) is 26.3. The van der Waals surface area contributed by atoms with Crippen LogP contribution in [0, 0.1) is 0 Å². The monoisotopic (exact) mass is 298 g/mol. The van der Waals surface area contributed by atoms with Gasteiger partial charge in [0.05, 0.1) is 0 Å². The smallest absolute Gasteiger partial charge is 0.220 e. The van der Waals surface area contributed by atoms with Gasteiger partial charge in [-0.2, -0.15) is 0 Å². The van der Waals surface area contributed by atoms with Crippen molar-refractivity contribution in [3.63, 3.8) is 0 Å². The van der Waals surface area contributed by atoms with Gasteiger partial charge in [0.1, 0.15) is 22.0 Å². The molecule has 0 aliphatic rings. The van der Waals surface area contributed by atoms with Crippen molar-refractivity contribution in [2.24, 2.45) is 0 Å². The maximum absolute atomic E-state index is 11.6. The number of aldehydes is 1. The molecule has 0 radical (unpaired) electrons. The predicted octanol–water partition coefficient (Wildman–Crippen LogP) is -4.23. The first-order valence-corrected chi connectivity index (χ1v) is 7.02. The Morgan fingerprint density at radius 1 is 1.27 bits per heavy atom. The molecular formula is C13H17B3N2O4. The molecule has 9 heteroatoms. The lowest BCUT2D eigenvalue weighted by Gasteiger charge is -2.14. The predicted molar refractivity (Wildman–Crippen MR) is 93.7 cm³/mol. The maximum Gasteiger partial charge on any atom is 0.220 e. The molecule has 2 aromatic rings. The van der Waals surface area contributed by atoms with Crippen molar-refractivity contribution in [2.45, 2.75) is 12.3 Å². The van der Waals surface area contributed by atoms with Crippen LogP contribution in [0.1, 0.15) is 17.9 Å². The van der Waals surface area contributed by atoms with E-state index >= 15 is 0 Å². The molecule has 1 heterocycles. The first-order valence-electron chi connectivity index (χ1n) is 7.02. The molecule has 1 aromatic carbocycles. The Kier molecular flexibility index (Phi) is 4.26. The molecule has 0 saturated carbocycles. The number of hydrogen-bond acceptors (Lipinski definition) is 4. The number of fused-ring (bicyclic) bond motifs is 1. The lowest BCUT2D eigenvalue weighted by Crippen LogP contribution is -2.24. The number of amides is 1. The van der Waals surface area contributed by atoms with Crippen LogP contribution >= 0.6 is 0 Å². The Labute approximate surface area is 130 Å². The van der Waals surface area contributed by atoms with Crippen LogP contribution in [0.2, 0.25) is 0 Å². The summed E-state index contributed by atoms with van der Waals surface area (Å²) in [6.07, 6.45) is 0.775. The molecule has 0 spiro atoms. The standard InChI is InChI=1S/C13H17B3N2O4/c1-17-5(20)2-4(3-19)6-7-8(14)11(21)12(22)9(15)10(7)18-13(6)16/h3-4,18,21-22H,2,14-16H2,1H3,(H,17,20). The summed E-state index contributed by atoms with van der Waals surface area (Å²) in [6, 6.07) is 0. The Bertz CT molecular complexity index is 773. The minimum atomic E-state index is -0.615. The topological polar surface area (TPSA) is 102 Å². The van der Waals surface area contributed by atoms with Gasteiger partial charge < -0.3 is 25.3 Å². The number of H-pyrrole nitrogens is 1. The largest absolute Gasteiger partial charge is 0.505 e. The van der Waals surface area contributed by atoms with Crippen LogP contribution in [0.4, 0.5) is 0 Å². The number of aromatic hydroxyl groups is 2. The van der Waals surface area contributed by atoms with Gasteiger partial charge in [-0.25, -0.2) is 0 Å². The second-order valence-electron chi connectivity index (χ2n) is 5.48. The number of phenols is 2. The third kappa shape index (κ3) is 2.36. The van der Waals surface area contributed by atoms with Crippen LogP contribution in [0.5, 0.6) is 11.5 Å². The van der Waals surface area contributed by atoms with Gasteiger partial charge in [-0.05, 0) is 27.5 Å². The number of carbonyl (C=O) groups excluding carboxylic acids is 2. The van der Waals surface area contributed by atoms with Crippen molar-refractivity contribution in [1.29, 1.82) is 0 Å². The van der Waals surface area contributed by atoms with Crippen LogP contribution in [-0.2, 0) is 9.59 Å². The van der Waals surface area contributed by atoms with Gasteiger partial charge >= 0.3 is 0 Å². The third-order valence-corrected chi connectivity index (χ3v) is 4.14. The Hall–Kier alpha value is -2.31. The highest BCUT2D eigenvalue weighted by atomic mass is 16.3. The van der Waals surface area contributed by atoms with Gasteiger partial charge in [-0.1, -0.05) is 0 Å². The van der Waals surface area contributed by atoms with Gasteiger partial charge in [0.25, 0.3) is 0 Å². The number of nitrogens with one attached hydrogen (secondary N) is 2. The SMILES string of the molecule is Bc1[nH]c2c(B)c(O)c(O)c(B)c2c1C(C=O)CC(=O)NC. The van der Waals surface area contributed by atoms with Crippen LogP contribution in [0.3, 0.4) is 0 Å². The first kappa shape index (κ1) is 16.1. The molecule has 0 fully saturated rings. The van der Waals surface area contributed by atoms with E-state index in [9.17, 15) is 19.8 Å². The van der Waals surface area contributed by atoms with Gasteiger partial charge in [0, 0.05) is 24.9 Å². The molecule has 112 valence electrons. The molecule has 0 aliphatic heterocycles. The van der Waals surface area contributed by atoms with Crippen molar-refractivity contribution in [3.8, 4) is 11.5 Å². The second-order valence-corrected chi connectivity index (χ2v) is 5.48. The van der Waals surface area contributed by atoms with E-state index in [1.165, 1.54) is 7.05 Å². The van der Waals surface area contributed by atoms with Crippen molar-refractivity contribution in [2.75, 3.05) is 7.05 Å². The van der Waals surface area contributed by atoms with E-state index in [4.69, 9.17) is 0 Å². The third-order valence-electron chi connectivity index (χ3n) is 4.14. The number of hydrogen-bond donors (Lipinski definition) is 4. The van der Waals surface area contributed by atoms with Crippen LogP contribution in [0.15, 0.2) is 0 Å². The fraction of sp³-hybridized carbons (Fsp3) is 0.231. The molecule has 1 atom stereocenters. The molecule has 1 amide bonds. The zero-order chi connectivity index (χ0) is 16.6. The Balaban J connectivity index is 2.76. The molecule has 0 bridgehead atoms. The Morgan fingerprint density at radius 3 is 2.41 bits per heavy atom. The number of carbonyl (C=O) groups is 2. The molecule has 6 nitrogen and oxygen atoms in total. The van der Waals surface area contributed by atoms with E-state index in [1.54, 1.807) is 15.7 Å². The molecule has 22 heavy (non-hydrogen) atoms. The number of phenolic OH excluding ortho intramolecular Hbond substituents is 2. The molecular weight excluding hydrogens is 281 g/mol. The fourth-order valence-electron chi connectivity index (χ4n) is 2.89. The molecule has 1 aromatic heterocycles. The highest BCUT2D eigenvalue weighted by molar-refractivity contribution is 6.49. The highest BCUT2D eigenvalue weighted by Gasteiger charge is 2.25. The quantitative estimate of drug-likeness (QED) is 0.261. The summed E-state index contributed by atoms with van der Waals surface area (Å²) >= 11 is 0. The second kappa shape index (κ2) is 5.83. The van der Waals surface area contributed by atoms with E-state index < -0.39 is 5.92 Å². The maximum atomic E-state index is 11.6. The fourth-order valence-corrected chi connectivity index (χ4v) is 2.89. The van der Waals surface area contributed by atoms with Crippen LogP contribution < -0.4 is 21.8 Å². The van der Waals surface area contributed by atoms with E-state index in [1.807, 2.05) is 7.85 Å². The number of rotatable bonds is 4. The first-order chi connectivity index (χ1) is 10.3. The van der Waals surface area contributed by atoms with E-state index in [2.05, 4.69) is 10.3 Å². The van der Waals surface area contributed by atoms with Crippen molar-refractivity contribution in [3.05, 3.63) is 5.56 Å². The Morgan fingerprint density at radius 2 is 1.86 bits per heavy atom. The summed E-state index contributed by atoms with van der Waals surface area (Å²) in [5, 5.41) is 23.2. The van der Waals surface area contributed by atoms with Crippen LogP contribution in [-0.4, -0.2) is 58.0 Å². The zero-order valence-corrected chi connectivity index (χ0v) is 13.1. The van der Waals surface area contributed by atoms with Crippen molar-refractivity contribution < 1.29 is 19.8 Å². The van der Waals surface area contributed by atoms with E-state index in [-0.39, 0.29) is 23.8 Å². The summed E-state index contributed by atoms with van der Waals surface area (Å²) in [5.41, 5.74) is 3.10. The zero-order valence-electron chi connectivity index (χ0n) is 13.1. The minimum Gasteiger partial charge on any atom is -0.505 e. The average molecular weight is 298 g/mol. The minimum absolute atomic E-state index is 0.0356. The van der Waals surface area contributed by atoms with Crippen molar-refractivity contribution >= 4 is 63.2 Å². The number of benzene rings is 1. The summed E-state index contributed by atoms with van der Waals surface area (Å²) < 4.78 is 0. The summed E-state index contributed by atoms with van der Waals surface area (Å²) in [5.74, 6) is -1.22. The summed E-state index contributed by atoms with van der Waals surface area (Å²) in [6.45, 7) is 0. The number of aromatic nitrogens is 1.